The predicted octanol–water partition coefficient (Wildman–Crippen LogP) is 5.01. The van der Waals surface area contributed by atoms with Gasteiger partial charge in [-0.05, 0) is 52.6 Å². The van der Waals surface area contributed by atoms with Gasteiger partial charge in [0.15, 0.2) is 0 Å². The zero-order chi connectivity index (χ0) is 14.5. The molecule has 0 spiro atoms. The highest BCUT2D eigenvalue weighted by Crippen LogP contribution is 2.25. The first-order valence-corrected chi connectivity index (χ1v) is 7.65. The van der Waals surface area contributed by atoms with Gasteiger partial charge in [0.2, 0.25) is 0 Å². The molecule has 0 radical (unpaired) electrons. The summed E-state index contributed by atoms with van der Waals surface area (Å²) in [5.41, 5.74) is 3.91. The van der Waals surface area contributed by atoms with Gasteiger partial charge < -0.3 is 5.32 Å². The van der Waals surface area contributed by atoms with Crippen LogP contribution in [0, 0.1) is 0 Å². The Balaban J connectivity index is 1.89. The van der Waals surface area contributed by atoms with E-state index in [0.717, 1.165) is 13.1 Å². The number of benzene rings is 3. The molecule has 106 valence electrons. The van der Waals surface area contributed by atoms with E-state index in [0.29, 0.717) is 0 Å². The lowest BCUT2D eigenvalue weighted by atomic mass is 10.00. The Morgan fingerprint density at radius 2 is 1.57 bits per heavy atom. The van der Waals surface area contributed by atoms with Gasteiger partial charge in [-0.1, -0.05) is 61.5 Å². The van der Waals surface area contributed by atoms with Crippen LogP contribution < -0.4 is 5.32 Å². The third kappa shape index (κ3) is 3.32. The van der Waals surface area contributed by atoms with E-state index in [-0.39, 0.29) is 0 Å². The Morgan fingerprint density at radius 1 is 0.762 bits per heavy atom. The predicted molar refractivity (Wildman–Crippen MR) is 91.4 cm³/mol. The second-order valence-corrected chi connectivity index (χ2v) is 5.44. The maximum atomic E-state index is 3.46. The Hall–Kier alpha value is -2.12. The first-order chi connectivity index (χ1) is 10.4. The lowest BCUT2D eigenvalue weighted by Crippen LogP contribution is -2.13. The van der Waals surface area contributed by atoms with Crippen molar-refractivity contribution >= 4 is 10.8 Å². The van der Waals surface area contributed by atoms with Crippen LogP contribution in [0.5, 0.6) is 0 Å². The third-order valence-electron chi connectivity index (χ3n) is 3.77. The van der Waals surface area contributed by atoms with Crippen molar-refractivity contribution in [2.24, 2.45) is 0 Å². The molecule has 3 rings (SSSR count). The fourth-order valence-corrected chi connectivity index (χ4v) is 2.64. The zero-order valence-corrected chi connectivity index (χ0v) is 12.5. The first-order valence-electron chi connectivity index (χ1n) is 7.65. The fraction of sp³-hybridized carbons (Fsp3) is 0.200. The van der Waals surface area contributed by atoms with Crippen LogP contribution in [-0.2, 0) is 6.54 Å². The van der Waals surface area contributed by atoms with E-state index in [2.05, 4.69) is 79.0 Å². The van der Waals surface area contributed by atoms with E-state index in [4.69, 9.17) is 0 Å². The molecule has 21 heavy (non-hydrogen) atoms. The van der Waals surface area contributed by atoms with Gasteiger partial charge in [-0.3, -0.25) is 0 Å². The smallest absolute Gasteiger partial charge is 0.0205 e. The molecule has 0 amide bonds. The first kappa shape index (κ1) is 13.8. The van der Waals surface area contributed by atoms with Gasteiger partial charge in [0.1, 0.15) is 0 Å². The molecule has 0 fully saturated rings. The average molecular weight is 275 g/mol. The summed E-state index contributed by atoms with van der Waals surface area (Å²) in [6, 6.07) is 24.0. The average Bonchev–Trinajstić information content (AvgIpc) is 2.55. The summed E-state index contributed by atoms with van der Waals surface area (Å²) in [6.07, 6.45) is 1.17. The number of hydrogen-bond acceptors (Lipinski definition) is 1. The minimum absolute atomic E-state index is 0.940. The van der Waals surface area contributed by atoms with Gasteiger partial charge in [-0.25, -0.2) is 0 Å². The summed E-state index contributed by atoms with van der Waals surface area (Å²) in [7, 11) is 0. The molecule has 0 aromatic heterocycles. The van der Waals surface area contributed by atoms with Crippen LogP contribution in [0.3, 0.4) is 0 Å². The van der Waals surface area contributed by atoms with Crippen LogP contribution in [0.2, 0.25) is 0 Å². The maximum Gasteiger partial charge on any atom is 0.0205 e. The van der Waals surface area contributed by atoms with Gasteiger partial charge in [0, 0.05) is 6.54 Å². The van der Waals surface area contributed by atoms with Crippen LogP contribution >= 0.6 is 0 Å². The molecule has 1 N–H and O–H groups in total. The monoisotopic (exact) mass is 275 g/mol. The van der Waals surface area contributed by atoms with E-state index in [1.807, 2.05) is 0 Å². The zero-order valence-electron chi connectivity index (χ0n) is 12.5. The van der Waals surface area contributed by atoms with E-state index in [1.165, 1.54) is 33.9 Å². The molecule has 0 heterocycles. The van der Waals surface area contributed by atoms with Crippen LogP contribution in [-0.4, -0.2) is 6.54 Å². The summed E-state index contributed by atoms with van der Waals surface area (Å²) < 4.78 is 0. The molecule has 0 bridgehead atoms. The van der Waals surface area contributed by atoms with Gasteiger partial charge in [-0.15, -0.1) is 0 Å². The van der Waals surface area contributed by atoms with Crippen molar-refractivity contribution in [3.05, 3.63) is 72.3 Å². The van der Waals surface area contributed by atoms with Crippen molar-refractivity contribution in [3.8, 4) is 11.1 Å². The number of rotatable bonds is 5. The Bertz CT molecular complexity index is 730. The topological polar surface area (TPSA) is 12.0 Å². The quantitative estimate of drug-likeness (QED) is 0.646. The summed E-state index contributed by atoms with van der Waals surface area (Å²) in [5.74, 6) is 0. The SMILES string of the molecule is CCCNCc1cccc(-c2ccc3ccccc3c2)c1. The lowest BCUT2D eigenvalue weighted by Gasteiger charge is -2.08. The summed E-state index contributed by atoms with van der Waals surface area (Å²) in [4.78, 5) is 0. The van der Waals surface area contributed by atoms with Crippen LogP contribution in [0.25, 0.3) is 21.9 Å². The van der Waals surface area contributed by atoms with E-state index < -0.39 is 0 Å². The highest BCUT2D eigenvalue weighted by Gasteiger charge is 2.01. The second-order valence-electron chi connectivity index (χ2n) is 5.44. The fourth-order valence-electron chi connectivity index (χ4n) is 2.64. The van der Waals surface area contributed by atoms with Gasteiger partial charge in [-0.2, -0.15) is 0 Å². The van der Waals surface area contributed by atoms with E-state index in [1.54, 1.807) is 0 Å². The molecule has 1 heteroatoms. The molecule has 0 unspecified atom stereocenters. The number of hydrogen-bond donors (Lipinski definition) is 1. The highest BCUT2D eigenvalue weighted by atomic mass is 14.8. The molecule has 0 saturated carbocycles. The number of fused-ring (bicyclic) bond motifs is 1. The van der Waals surface area contributed by atoms with E-state index in [9.17, 15) is 0 Å². The third-order valence-corrected chi connectivity index (χ3v) is 3.77. The lowest BCUT2D eigenvalue weighted by molar-refractivity contribution is 0.675. The summed E-state index contributed by atoms with van der Waals surface area (Å²) in [5, 5.41) is 6.05. The molecule has 0 aliphatic carbocycles. The molecular weight excluding hydrogens is 254 g/mol. The number of nitrogens with one attached hydrogen (secondary N) is 1. The largest absolute Gasteiger partial charge is 0.313 e. The van der Waals surface area contributed by atoms with Gasteiger partial charge >= 0.3 is 0 Å². The van der Waals surface area contributed by atoms with Crippen LogP contribution in [0.4, 0.5) is 0 Å². The Morgan fingerprint density at radius 3 is 2.43 bits per heavy atom. The van der Waals surface area contributed by atoms with Crippen molar-refractivity contribution in [2.75, 3.05) is 6.54 Å². The van der Waals surface area contributed by atoms with Crippen molar-refractivity contribution in [3.63, 3.8) is 0 Å². The molecule has 0 saturated heterocycles. The molecular formula is C20H21N. The van der Waals surface area contributed by atoms with Crippen molar-refractivity contribution < 1.29 is 0 Å². The minimum atomic E-state index is 0.940. The minimum Gasteiger partial charge on any atom is -0.313 e. The van der Waals surface area contributed by atoms with Crippen molar-refractivity contribution in [1.29, 1.82) is 0 Å². The van der Waals surface area contributed by atoms with Crippen LogP contribution in [0.1, 0.15) is 18.9 Å². The normalized spacial score (nSPS) is 10.9. The molecule has 0 atom stereocenters. The molecule has 3 aromatic carbocycles. The van der Waals surface area contributed by atoms with E-state index >= 15 is 0 Å². The van der Waals surface area contributed by atoms with Crippen molar-refractivity contribution in [1.82, 2.24) is 5.32 Å². The van der Waals surface area contributed by atoms with Crippen molar-refractivity contribution in [2.45, 2.75) is 19.9 Å². The Labute approximate surface area is 126 Å². The molecule has 3 aromatic rings. The highest BCUT2D eigenvalue weighted by molar-refractivity contribution is 5.87. The second kappa shape index (κ2) is 6.55. The molecule has 0 aliphatic rings. The van der Waals surface area contributed by atoms with Crippen LogP contribution in [0.15, 0.2) is 66.7 Å². The molecule has 0 aliphatic heterocycles. The summed E-state index contributed by atoms with van der Waals surface area (Å²) >= 11 is 0. The Kier molecular flexibility index (Phi) is 4.32. The molecule has 1 nitrogen and oxygen atoms in total. The van der Waals surface area contributed by atoms with Gasteiger partial charge in [0.05, 0.1) is 0 Å². The van der Waals surface area contributed by atoms with Gasteiger partial charge in [0.25, 0.3) is 0 Å². The maximum absolute atomic E-state index is 3.46. The summed E-state index contributed by atoms with van der Waals surface area (Å²) in [6.45, 7) is 4.20. The standard InChI is InChI=1S/C20H21N/c1-2-12-21-15-16-6-5-9-18(13-16)20-11-10-17-7-3-4-8-19(17)14-20/h3-11,13-14,21H,2,12,15H2,1H3.